The molecule has 24 heavy (non-hydrogen) atoms. The molecule has 1 aliphatic heterocycles. The van der Waals surface area contributed by atoms with Crippen LogP contribution in [-0.2, 0) is 4.79 Å². The van der Waals surface area contributed by atoms with Crippen molar-refractivity contribution in [3.05, 3.63) is 28.8 Å². The molecule has 1 saturated heterocycles. The molecule has 0 spiro atoms. The Bertz CT molecular complexity index is 560. The highest BCUT2D eigenvalue weighted by molar-refractivity contribution is 6.31. The van der Waals surface area contributed by atoms with E-state index in [0.29, 0.717) is 35.3 Å². The molecule has 0 radical (unpaired) electrons. The van der Waals surface area contributed by atoms with Gasteiger partial charge in [-0.25, -0.2) is 0 Å². The first-order chi connectivity index (χ1) is 11.6. The molecule has 132 valence electrons. The Morgan fingerprint density at radius 3 is 2.79 bits per heavy atom. The van der Waals surface area contributed by atoms with Crippen molar-refractivity contribution in [3.8, 4) is 5.75 Å². The van der Waals surface area contributed by atoms with Gasteiger partial charge in [-0.05, 0) is 50.0 Å². The summed E-state index contributed by atoms with van der Waals surface area (Å²) >= 11 is 6.00. The summed E-state index contributed by atoms with van der Waals surface area (Å²) in [5.41, 5.74) is 0.511. The second-order valence-corrected chi connectivity index (χ2v) is 6.38. The molecule has 1 heterocycles. The number of hydrogen-bond acceptors (Lipinski definition) is 4. The largest absolute Gasteiger partial charge is 0.497 e. The summed E-state index contributed by atoms with van der Waals surface area (Å²) in [4.78, 5) is 24.8. The number of methoxy groups -OCH3 is 1. The van der Waals surface area contributed by atoms with Crippen LogP contribution in [0.2, 0.25) is 5.02 Å². The van der Waals surface area contributed by atoms with Crippen LogP contribution < -0.4 is 15.4 Å². The van der Waals surface area contributed by atoms with Gasteiger partial charge >= 0.3 is 0 Å². The van der Waals surface area contributed by atoms with E-state index in [1.165, 1.54) is 0 Å². The van der Waals surface area contributed by atoms with Gasteiger partial charge in [-0.2, -0.15) is 0 Å². The smallest absolute Gasteiger partial charge is 0.251 e. The van der Waals surface area contributed by atoms with E-state index in [-0.39, 0.29) is 5.91 Å². The summed E-state index contributed by atoms with van der Waals surface area (Å²) in [7, 11) is 1.55. The minimum absolute atomic E-state index is 0.131. The van der Waals surface area contributed by atoms with E-state index in [1.807, 2.05) is 0 Å². The molecular weight excluding hydrogens is 330 g/mol. The van der Waals surface area contributed by atoms with Gasteiger partial charge in [0.15, 0.2) is 0 Å². The lowest BCUT2D eigenvalue weighted by Crippen LogP contribution is -2.41. The third-order valence-electron chi connectivity index (χ3n) is 4.28. The van der Waals surface area contributed by atoms with E-state index >= 15 is 0 Å². The third-order valence-corrected chi connectivity index (χ3v) is 4.50. The van der Waals surface area contributed by atoms with Crippen molar-refractivity contribution in [1.29, 1.82) is 0 Å². The number of amides is 2. The van der Waals surface area contributed by atoms with E-state index in [0.717, 1.165) is 38.9 Å². The maximum atomic E-state index is 12.3. The van der Waals surface area contributed by atoms with Crippen molar-refractivity contribution in [2.75, 3.05) is 39.8 Å². The number of halogens is 1. The molecule has 1 fully saturated rings. The topological polar surface area (TPSA) is 70.7 Å². The number of piperidine rings is 1. The molecule has 7 heteroatoms. The van der Waals surface area contributed by atoms with Gasteiger partial charge in [-0.3, -0.25) is 9.59 Å². The number of nitrogens with zero attached hydrogens (tertiary/aromatic N) is 1. The fraction of sp³-hybridized carbons (Fsp3) is 0.529. The summed E-state index contributed by atoms with van der Waals surface area (Å²) in [5.74, 6) is 0.920. The van der Waals surface area contributed by atoms with E-state index in [1.54, 1.807) is 25.3 Å². The van der Waals surface area contributed by atoms with E-state index in [9.17, 15) is 9.59 Å². The Balaban J connectivity index is 1.75. The molecule has 0 saturated carbocycles. The number of hydrogen-bond donors (Lipinski definition) is 2. The minimum Gasteiger partial charge on any atom is -0.497 e. The van der Waals surface area contributed by atoms with Crippen LogP contribution in [0.3, 0.4) is 0 Å². The summed E-state index contributed by atoms with van der Waals surface area (Å²) in [6, 6.07) is 5.00. The number of benzene rings is 1. The molecule has 6 nitrogen and oxygen atoms in total. The van der Waals surface area contributed by atoms with Crippen molar-refractivity contribution >= 4 is 23.9 Å². The molecule has 0 unspecified atom stereocenters. The first-order valence-corrected chi connectivity index (χ1v) is 8.52. The Kier molecular flexibility index (Phi) is 7.34. The molecule has 0 aliphatic carbocycles. The quantitative estimate of drug-likeness (QED) is 0.549. The van der Waals surface area contributed by atoms with E-state index in [2.05, 4.69) is 15.5 Å². The number of carbonyl (C=O) groups is 2. The van der Waals surface area contributed by atoms with Gasteiger partial charge in [-0.1, -0.05) is 11.6 Å². The van der Waals surface area contributed by atoms with Crippen LogP contribution >= 0.6 is 11.6 Å². The van der Waals surface area contributed by atoms with Crippen LogP contribution in [-0.4, -0.2) is 57.1 Å². The third kappa shape index (κ3) is 5.69. The second kappa shape index (κ2) is 9.49. The number of carbonyl (C=O) groups excluding carboxylic acids is 2. The Hall–Kier alpha value is -1.79. The van der Waals surface area contributed by atoms with Crippen molar-refractivity contribution in [2.24, 2.45) is 5.92 Å². The second-order valence-electron chi connectivity index (χ2n) is 5.95. The fourth-order valence-corrected chi connectivity index (χ4v) is 3.07. The van der Waals surface area contributed by atoms with Crippen molar-refractivity contribution in [2.45, 2.75) is 12.8 Å². The predicted molar refractivity (Wildman–Crippen MR) is 93.6 cm³/mol. The van der Waals surface area contributed by atoms with Crippen LogP contribution in [0.1, 0.15) is 23.2 Å². The molecule has 2 N–H and O–H groups in total. The molecule has 1 aromatic rings. The zero-order valence-electron chi connectivity index (χ0n) is 13.9. The monoisotopic (exact) mass is 353 g/mol. The maximum absolute atomic E-state index is 12.3. The molecule has 0 atom stereocenters. The Morgan fingerprint density at radius 1 is 1.38 bits per heavy atom. The highest BCUT2D eigenvalue weighted by Gasteiger charge is 2.19. The van der Waals surface area contributed by atoms with Gasteiger partial charge in [0, 0.05) is 30.2 Å². The molecule has 0 aromatic heterocycles. The van der Waals surface area contributed by atoms with Gasteiger partial charge < -0.3 is 20.3 Å². The standard InChI is InChI=1S/C17H24ClN3O3/c1-24-16-9-14(8-15(18)10-16)17(23)20-11-13-2-5-21(6-3-13)7-4-19-12-22/h8-10,12-13H,2-7,11H2,1H3,(H,19,22)(H,20,23). The first-order valence-electron chi connectivity index (χ1n) is 8.14. The average molecular weight is 354 g/mol. The number of nitrogens with one attached hydrogen (secondary N) is 2. The maximum Gasteiger partial charge on any atom is 0.251 e. The van der Waals surface area contributed by atoms with Crippen LogP contribution in [0, 0.1) is 5.92 Å². The van der Waals surface area contributed by atoms with Crippen LogP contribution in [0.25, 0.3) is 0 Å². The lowest BCUT2D eigenvalue weighted by atomic mass is 9.96. The zero-order valence-corrected chi connectivity index (χ0v) is 14.6. The van der Waals surface area contributed by atoms with Gasteiger partial charge in [0.05, 0.1) is 7.11 Å². The van der Waals surface area contributed by atoms with Gasteiger partial charge in [0.2, 0.25) is 6.41 Å². The SMILES string of the molecule is COc1cc(Cl)cc(C(=O)NCC2CCN(CCNC=O)CC2)c1. The number of ether oxygens (including phenoxy) is 1. The Labute approximate surface area is 147 Å². The summed E-state index contributed by atoms with van der Waals surface area (Å²) in [5, 5.41) is 6.15. The summed E-state index contributed by atoms with van der Waals surface area (Å²) < 4.78 is 5.14. The molecular formula is C17H24ClN3O3. The predicted octanol–water partition coefficient (Wildman–Crippen LogP) is 1.54. The van der Waals surface area contributed by atoms with Crippen LogP contribution in [0.4, 0.5) is 0 Å². The summed E-state index contributed by atoms with van der Waals surface area (Å²) in [6.07, 6.45) is 2.81. The first kappa shape index (κ1) is 18.5. The van der Waals surface area contributed by atoms with E-state index in [4.69, 9.17) is 16.3 Å². The Morgan fingerprint density at radius 2 is 2.12 bits per heavy atom. The van der Waals surface area contributed by atoms with Gasteiger partial charge in [0.1, 0.15) is 5.75 Å². The molecule has 2 amide bonds. The molecule has 1 aromatic carbocycles. The number of likely N-dealkylation sites (tertiary alicyclic amines) is 1. The molecule has 2 rings (SSSR count). The van der Waals surface area contributed by atoms with Crippen molar-refractivity contribution in [3.63, 3.8) is 0 Å². The van der Waals surface area contributed by atoms with Crippen molar-refractivity contribution in [1.82, 2.24) is 15.5 Å². The van der Waals surface area contributed by atoms with Crippen molar-refractivity contribution < 1.29 is 14.3 Å². The highest BCUT2D eigenvalue weighted by atomic mass is 35.5. The highest BCUT2D eigenvalue weighted by Crippen LogP contribution is 2.21. The average Bonchev–Trinajstić information content (AvgIpc) is 2.60. The minimum atomic E-state index is -0.131. The zero-order chi connectivity index (χ0) is 17.4. The van der Waals surface area contributed by atoms with Gasteiger partial charge in [0.25, 0.3) is 5.91 Å². The number of rotatable bonds is 8. The van der Waals surface area contributed by atoms with Gasteiger partial charge in [-0.15, -0.1) is 0 Å². The normalized spacial score (nSPS) is 15.8. The van der Waals surface area contributed by atoms with Crippen LogP contribution in [0.15, 0.2) is 18.2 Å². The lowest BCUT2D eigenvalue weighted by molar-refractivity contribution is -0.109. The fourth-order valence-electron chi connectivity index (χ4n) is 2.85. The lowest BCUT2D eigenvalue weighted by Gasteiger charge is -2.31. The molecule has 1 aliphatic rings. The van der Waals surface area contributed by atoms with Crippen LogP contribution in [0.5, 0.6) is 5.75 Å². The summed E-state index contributed by atoms with van der Waals surface area (Å²) in [6.45, 7) is 4.20. The molecule has 0 bridgehead atoms. The van der Waals surface area contributed by atoms with E-state index < -0.39 is 0 Å².